The molecular weight excluding hydrogens is 416 g/mol. The predicted molar refractivity (Wildman–Crippen MR) is 129 cm³/mol. The lowest BCUT2D eigenvalue weighted by atomic mass is 9.93. The van der Waals surface area contributed by atoms with Gasteiger partial charge >= 0.3 is 5.97 Å². The second-order valence-electron chi connectivity index (χ2n) is 8.25. The molecule has 3 aromatic heterocycles. The first-order valence-electron chi connectivity index (χ1n) is 10.8. The van der Waals surface area contributed by atoms with E-state index in [0.29, 0.717) is 5.76 Å². The van der Waals surface area contributed by atoms with Crippen molar-refractivity contribution < 1.29 is 18.7 Å². The second-order valence-corrected chi connectivity index (χ2v) is 8.25. The summed E-state index contributed by atoms with van der Waals surface area (Å²) >= 11 is 0. The van der Waals surface area contributed by atoms with Crippen molar-refractivity contribution in [2.24, 2.45) is 14.1 Å². The van der Waals surface area contributed by atoms with E-state index in [-0.39, 0.29) is 0 Å². The Labute approximate surface area is 191 Å². The number of aromatic nitrogens is 2. The van der Waals surface area contributed by atoms with E-state index in [2.05, 4.69) is 45.8 Å². The van der Waals surface area contributed by atoms with E-state index in [1.165, 1.54) is 14.2 Å². The maximum absolute atomic E-state index is 12.7. The number of esters is 1. The number of ether oxygens (including phenoxy) is 2. The molecule has 168 valence electrons. The summed E-state index contributed by atoms with van der Waals surface area (Å²) in [6, 6.07) is 16.5. The summed E-state index contributed by atoms with van der Waals surface area (Å²) in [6.07, 6.45) is 3.21. The number of hydrogen-bond acceptors (Lipinski definition) is 4. The number of rotatable bonds is 5. The Morgan fingerprint density at radius 1 is 0.848 bits per heavy atom. The molecule has 0 fully saturated rings. The van der Waals surface area contributed by atoms with Gasteiger partial charge in [0.05, 0.1) is 7.11 Å². The van der Waals surface area contributed by atoms with E-state index < -0.39 is 12.1 Å². The SMILES string of the molecule is COC(=O)C(OC)c1oc(C)c(-c2cn(C)c3ccccc23)c1-c1cn(C)c2ccccc12. The molecule has 33 heavy (non-hydrogen) atoms. The molecule has 6 heteroatoms. The third-order valence-electron chi connectivity index (χ3n) is 6.33. The van der Waals surface area contributed by atoms with Gasteiger partial charge in [0, 0.05) is 77.7 Å². The van der Waals surface area contributed by atoms with Crippen LogP contribution in [0.25, 0.3) is 44.1 Å². The number of aryl methyl sites for hydroxylation is 3. The summed E-state index contributed by atoms with van der Waals surface area (Å²) in [5, 5.41) is 2.19. The van der Waals surface area contributed by atoms with Crippen molar-refractivity contribution in [2.45, 2.75) is 13.0 Å². The van der Waals surface area contributed by atoms with Gasteiger partial charge in [0.2, 0.25) is 6.10 Å². The van der Waals surface area contributed by atoms with Gasteiger partial charge in [0.25, 0.3) is 0 Å². The molecule has 0 N–H and O–H groups in total. The maximum Gasteiger partial charge on any atom is 0.342 e. The zero-order valence-corrected chi connectivity index (χ0v) is 19.4. The van der Waals surface area contributed by atoms with Gasteiger partial charge in [-0.3, -0.25) is 0 Å². The van der Waals surface area contributed by atoms with Crippen molar-refractivity contribution in [3.63, 3.8) is 0 Å². The molecule has 0 amide bonds. The van der Waals surface area contributed by atoms with Crippen LogP contribution in [0.3, 0.4) is 0 Å². The molecule has 2 aromatic carbocycles. The van der Waals surface area contributed by atoms with Gasteiger partial charge in [-0.1, -0.05) is 36.4 Å². The number of benzene rings is 2. The molecule has 1 atom stereocenters. The third-order valence-corrected chi connectivity index (χ3v) is 6.33. The van der Waals surface area contributed by atoms with Crippen molar-refractivity contribution >= 4 is 27.8 Å². The first-order chi connectivity index (χ1) is 16.0. The number of furan rings is 1. The van der Waals surface area contributed by atoms with Crippen molar-refractivity contribution in [1.29, 1.82) is 0 Å². The molecule has 0 aliphatic heterocycles. The Hall–Kier alpha value is -3.77. The first-order valence-corrected chi connectivity index (χ1v) is 10.8. The van der Waals surface area contributed by atoms with E-state index in [1.54, 1.807) is 0 Å². The molecule has 5 rings (SSSR count). The van der Waals surface area contributed by atoms with Crippen LogP contribution in [0.4, 0.5) is 0 Å². The smallest absolute Gasteiger partial charge is 0.342 e. The van der Waals surface area contributed by atoms with Crippen molar-refractivity contribution in [3.05, 3.63) is 72.4 Å². The Morgan fingerprint density at radius 3 is 1.88 bits per heavy atom. The van der Waals surface area contributed by atoms with Gasteiger partial charge in [0.1, 0.15) is 5.76 Å². The zero-order chi connectivity index (χ0) is 23.3. The van der Waals surface area contributed by atoms with E-state index >= 15 is 0 Å². The topological polar surface area (TPSA) is 58.5 Å². The van der Waals surface area contributed by atoms with Crippen molar-refractivity contribution in [3.8, 4) is 22.3 Å². The first kappa shape index (κ1) is 21.1. The van der Waals surface area contributed by atoms with Gasteiger partial charge in [-0.25, -0.2) is 4.79 Å². The van der Waals surface area contributed by atoms with Crippen LogP contribution >= 0.6 is 0 Å². The molecular formula is C27H26N2O4. The highest BCUT2D eigenvalue weighted by Crippen LogP contribution is 2.47. The quantitative estimate of drug-likeness (QED) is 0.325. The summed E-state index contributed by atoms with van der Waals surface area (Å²) < 4.78 is 21.1. The third kappa shape index (κ3) is 3.17. The predicted octanol–water partition coefficient (Wildman–Crippen LogP) is 5.77. The monoisotopic (exact) mass is 442 g/mol. The normalized spacial score (nSPS) is 12.5. The van der Waals surface area contributed by atoms with E-state index in [9.17, 15) is 4.79 Å². The van der Waals surface area contributed by atoms with E-state index in [4.69, 9.17) is 13.9 Å². The van der Waals surface area contributed by atoms with Crippen LogP contribution < -0.4 is 0 Å². The molecule has 0 saturated carbocycles. The minimum absolute atomic E-state index is 0.445. The van der Waals surface area contributed by atoms with Gasteiger partial charge in [-0.05, 0) is 19.1 Å². The van der Waals surface area contributed by atoms with Crippen LogP contribution in [-0.4, -0.2) is 29.3 Å². The molecule has 6 nitrogen and oxygen atoms in total. The number of carbonyl (C=O) groups is 1. The number of carbonyl (C=O) groups excluding carboxylic acids is 1. The summed E-state index contributed by atoms with van der Waals surface area (Å²) in [4.78, 5) is 12.7. The number of para-hydroxylation sites is 2. The second kappa shape index (κ2) is 7.98. The fourth-order valence-corrected chi connectivity index (χ4v) is 4.84. The average Bonchev–Trinajstić information content (AvgIpc) is 3.45. The van der Waals surface area contributed by atoms with Crippen LogP contribution in [0.5, 0.6) is 0 Å². The zero-order valence-electron chi connectivity index (χ0n) is 19.4. The van der Waals surface area contributed by atoms with Crippen LogP contribution in [0.2, 0.25) is 0 Å². The van der Waals surface area contributed by atoms with Crippen molar-refractivity contribution in [1.82, 2.24) is 9.13 Å². The lowest BCUT2D eigenvalue weighted by molar-refractivity contribution is -0.153. The summed E-state index contributed by atoms with van der Waals surface area (Å²) in [7, 11) is 6.90. The van der Waals surface area contributed by atoms with Gasteiger partial charge in [-0.15, -0.1) is 0 Å². The minimum atomic E-state index is -0.980. The molecule has 1 unspecified atom stereocenters. The largest absolute Gasteiger partial charge is 0.467 e. The standard InChI is InChI=1S/C27H26N2O4/c1-16-23(19-14-28(2)21-12-8-6-10-17(19)21)24(25(33-16)26(31-4)27(30)32-5)20-15-29(3)22-13-9-7-11-18(20)22/h6-15,26H,1-5H3. The summed E-state index contributed by atoms with van der Waals surface area (Å²) in [6.45, 7) is 1.93. The van der Waals surface area contributed by atoms with Crippen LogP contribution in [0.15, 0.2) is 65.3 Å². The highest BCUT2D eigenvalue weighted by Gasteiger charge is 2.34. The van der Waals surface area contributed by atoms with Crippen LogP contribution in [0, 0.1) is 6.92 Å². The molecule has 0 bridgehead atoms. The van der Waals surface area contributed by atoms with Gasteiger partial charge in [0.15, 0.2) is 5.76 Å². The van der Waals surface area contributed by atoms with Gasteiger partial charge in [-0.2, -0.15) is 0 Å². The molecule has 0 aliphatic carbocycles. The summed E-state index contributed by atoms with van der Waals surface area (Å²) in [5.74, 6) is 0.661. The lowest BCUT2D eigenvalue weighted by Crippen LogP contribution is -2.16. The summed E-state index contributed by atoms with van der Waals surface area (Å²) in [5.41, 5.74) is 6.03. The highest BCUT2D eigenvalue weighted by molar-refractivity contribution is 6.06. The number of methoxy groups -OCH3 is 2. The van der Waals surface area contributed by atoms with Gasteiger partial charge < -0.3 is 23.0 Å². The average molecular weight is 443 g/mol. The fraction of sp³-hybridized carbons (Fsp3) is 0.222. The number of fused-ring (bicyclic) bond motifs is 2. The Balaban J connectivity index is 1.90. The Morgan fingerprint density at radius 2 is 1.36 bits per heavy atom. The number of nitrogens with zero attached hydrogens (tertiary/aromatic N) is 2. The molecule has 0 radical (unpaired) electrons. The number of hydrogen-bond donors (Lipinski definition) is 0. The Bertz CT molecular complexity index is 1500. The lowest BCUT2D eigenvalue weighted by Gasteiger charge is -2.13. The van der Waals surface area contributed by atoms with Crippen LogP contribution in [0.1, 0.15) is 17.6 Å². The molecule has 3 heterocycles. The van der Waals surface area contributed by atoms with E-state index in [1.807, 2.05) is 45.3 Å². The molecule has 0 aliphatic rings. The molecule has 0 saturated heterocycles. The molecule has 5 aromatic rings. The Kier molecular flexibility index (Phi) is 5.10. The minimum Gasteiger partial charge on any atom is -0.467 e. The van der Waals surface area contributed by atoms with Crippen molar-refractivity contribution in [2.75, 3.05) is 14.2 Å². The molecule has 0 spiro atoms. The maximum atomic E-state index is 12.7. The fourth-order valence-electron chi connectivity index (χ4n) is 4.84. The highest BCUT2D eigenvalue weighted by atomic mass is 16.6. The van der Waals surface area contributed by atoms with E-state index in [0.717, 1.165) is 49.8 Å². The van der Waals surface area contributed by atoms with Crippen LogP contribution in [-0.2, 0) is 28.4 Å².